The Morgan fingerprint density at radius 2 is 1.94 bits per heavy atom. The molecule has 0 spiro atoms. The Labute approximate surface area is 108 Å². The summed E-state index contributed by atoms with van der Waals surface area (Å²) in [4.78, 5) is 12.2. The minimum absolute atomic E-state index is 0.169. The summed E-state index contributed by atoms with van der Waals surface area (Å²) in [6.07, 6.45) is 4.12. The zero-order chi connectivity index (χ0) is 12.4. The fraction of sp³-hybridized carbons (Fsp3) is 0.533. The zero-order valence-corrected chi connectivity index (χ0v) is 10.6. The number of nitrogens with one attached hydrogen (secondary N) is 2. The number of piperidine rings is 1. The summed E-state index contributed by atoms with van der Waals surface area (Å²) in [5, 5.41) is 6.51. The van der Waals surface area contributed by atoms with Gasteiger partial charge in [-0.25, -0.2) is 0 Å². The Bertz CT molecular complexity index is 413. The lowest BCUT2D eigenvalue weighted by atomic mass is 9.98. The van der Waals surface area contributed by atoms with Crippen LogP contribution in [0, 0.1) is 5.92 Å². The Morgan fingerprint density at radius 1 is 1.22 bits per heavy atom. The van der Waals surface area contributed by atoms with Crippen molar-refractivity contribution in [2.75, 3.05) is 13.1 Å². The first-order chi connectivity index (χ1) is 8.83. The van der Waals surface area contributed by atoms with Crippen molar-refractivity contribution in [3.8, 4) is 0 Å². The molecule has 18 heavy (non-hydrogen) atoms. The van der Waals surface area contributed by atoms with E-state index in [-0.39, 0.29) is 11.8 Å². The highest BCUT2D eigenvalue weighted by Gasteiger charge is 2.26. The fourth-order valence-electron chi connectivity index (χ4n) is 3.06. The molecule has 1 amide bonds. The summed E-state index contributed by atoms with van der Waals surface area (Å²) in [5.74, 6) is 0.405. The molecule has 1 aliphatic heterocycles. The Kier molecular flexibility index (Phi) is 3.33. The van der Waals surface area contributed by atoms with E-state index in [4.69, 9.17) is 0 Å². The average Bonchev–Trinajstić information content (AvgIpc) is 2.82. The van der Waals surface area contributed by atoms with Crippen molar-refractivity contribution in [2.45, 2.75) is 31.7 Å². The van der Waals surface area contributed by atoms with Crippen LogP contribution in [0.3, 0.4) is 0 Å². The highest BCUT2D eigenvalue weighted by atomic mass is 16.2. The van der Waals surface area contributed by atoms with Crippen LogP contribution < -0.4 is 10.6 Å². The predicted octanol–water partition coefficient (Wildman–Crippen LogP) is 1.27. The van der Waals surface area contributed by atoms with Crippen molar-refractivity contribution in [1.82, 2.24) is 10.6 Å². The van der Waals surface area contributed by atoms with E-state index in [1.807, 2.05) is 0 Å². The molecule has 1 fully saturated rings. The second-order valence-electron chi connectivity index (χ2n) is 5.43. The molecule has 96 valence electrons. The Balaban J connectivity index is 1.57. The summed E-state index contributed by atoms with van der Waals surface area (Å²) in [5.41, 5.74) is 2.79. The molecule has 1 atom stereocenters. The van der Waals surface area contributed by atoms with Crippen LogP contribution in [0.1, 0.15) is 24.0 Å². The number of carbonyl (C=O) groups excluding carboxylic acids is 1. The normalized spacial score (nSPS) is 23.7. The lowest BCUT2D eigenvalue weighted by Crippen LogP contribution is -2.44. The van der Waals surface area contributed by atoms with E-state index in [0.29, 0.717) is 6.04 Å². The lowest BCUT2D eigenvalue weighted by Gasteiger charge is -2.23. The number of benzene rings is 1. The number of hydrogen-bond donors (Lipinski definition) is 2. The summed E-state index contributed by atoms with van der Waals surface area (Å²) in [6, 6.07) is 8.80. The third-order valence-electron chi connectivity index (χ3n) is 4.07. The van der Waals surface area contributed by atoms with Crippen molar-refractivity contribution in [1.29, 1.82) is 0 Å². The standard InChI is InChI=1S/C15H20N2O/c18-15(13-6-3-7-16-10-13)17-14-8-11-4-1-2-5-12(11)9-14/h1-2,4-5,13-14,16H,3,6-10H2,(H,17,18)/t13-/m1/s1. The van der Waals surface area contributed by atoms with Crippen molar-refractivity contribution < 1.29 is 4.79 Å². The van der Waals surface area contributed by atoms with Gasteiger partial charge in [0.05, 0.1) is 5.92 Å². The van der Waals surface area contributed by atoms with E-state index in [1.165, 1.54) is 11.1 Å². The Morgan fingerprint density at radius 3 is 2.56 bits per heavy atom. The van der Waals surface area contributed by atoms with Crippen LogP contribution in [0.4, 0.5) is 0 Å². The van der Waals surface area contributed by atoms with Crippen molar-refractivity contribution >= 4 is 5.91 Å². The van der Waals surface area contributed by atoms with E-state index >= 15 is 0 Å². The van der Waals surface area contributed by atoms with Gasteiger partial charge in [-0.1, -0.05) is 24.3 Å². The third-order valence-corrected chi connectivity index (χ3v) is 4.07. The van der Waals surface area contributed by atoms with Crippen LogP contribution in [0.2, 0.25) is 0 Å². The number of amides is 1. The summed E-state index contributed by atoms with van der Waals surface area (Å²) < 4.78 is 0. The van der Waals surface area contributed by atoms with Crippen LogP contribution in [0.15, 0.2) is 24.3 Å². The molecule has 0 aromatic heterocycles. The summed E-state index contributed by atoms with van der Waals surface area (Å²) >= 11 is 0. The molecular weight excluding hydrogens is 224 g/mol. The van der Waals surface area contributed by atoms with Crippen LogP contribution >= 0.6 is 0 Å². The first kappa shape index (κ1) is 11.7. The van der Waals surface area contributed by atoms with Crippen molar-refractivity contribution in [3.05, 3.63) is 35.4 Å². The van der Waals surface area contributed by atoms with Gasteiger partial charge in [0.15, 0.2) is 0 Å². The monoisotopic (exact) mass is 244 g/mol. The largest absolute Gasteiger partial charge is 0.352 e. The van der Waals surface area contributed by atoms with Gasteiger partial charge in [-0.05, 0) is 43.4 Å². The van der Waals surface area contributed by atoms with Gasteiger partial charge < -0.3 is 10.6 Å². The molecule has 0 unspecified atom stereocenters. The molecule has 3 rings (SSSR count). The maximum atomic E-state index is 12.2. The highest BCUT2D eigenvalue weighted by molar-refractivity contribution is 5.79. The molecule has 2 N–H and O–H groups in total. The van der Waals surface area contributed by atoms with E-state index in [9.17, 15) is 4.79 Å². The second kappa shape index (κ2) is 5.11. The van der Waals surface area contributed by atoms with Crippen molar-refractivity contribution in [2.24, 2.45) is 5.92 Å². The molecule has 1 heterocycles. The quantitative estimate of drug-likeness (QED) is 0.822. The van der Waals surface area contributed by atoms with E-state index in [0.717, 1.165) is 38.8 Å². The summed E-state index contributed by atoms with van der Waals surface area (Å²) in [7, 11) is 0. The van der Waals surface area contributed by atoms with Crippen LogP contribution in [0.25, 0.3) is 0 Å². The average molecular weight is 244 g/mol. The molecule has 1 aromatic carbocycles. The highest BCUT2D eigenvalue weighted by Crippen LogP contribution is 2.22. The van der Waals surface area contributed by atoms with Gasteiger partial charge in [-0.2, -0.15) is 0 Å². The van der Waals surface area contributed by atoms with Gasteiger partial charge in [0, 0.05) is 12.6 Å². The smallest absolute Gasteiger partial charge is 0.224 e. The van der Waals surface area contributed by atoms with Gasteiger partial charge >= 0.3 is 0 Å². The number of rotatable bonds is 2. The lowest BCUT2D eigenvalue weighted by molar-refractivity contribution is -0.126. The molecule has 2 aliphatic rings. The topological polar surface area (TPSA) is 41.1 Å². The van der Waals surface area contributed by atoms with Crippen LogP contribution in [0.5, 0.6) is 0 Å². The molecule has 3 nitrogen and oxygen atoms in total. The van der Waals surface area contributed by atoms with Gasteiger partial charge in [0.1, 0.15) is 0 Å². The van der Waals surface area contributed by atoms with E-state index in [2.05, 4.69) is 34.9 Å². The van der Waals surface area contributed by atoms with Gasteiger partial charge in [-0.15, -0.1) is 0 Å². The SMILES string of the molecule is O=C(NC1Cc2ccccc2C1)[C@@H]1CCCNC1. The molecule has 1 saturated heterocycles. The van der Waals surface area contributed by atoms with Gasteiger partial charge in [-0.3, -0.25) is 4.79 Å². The van der Waals surface area contributed by atoms with Crippen LogP contribution in [-0.2, 0) is 17.6 Å². The summed E-state index contributed by atoms with van der Waals surface area (Å²) in [6.45, 7) is 1.89. The molecule has 1 aliphatic carbocycles. The number of fused-ring (bicyclic) bond motifs is 1. The zero-order valence-electron chi connectivity index (χ0n) is 10.6. The molecule has 3 heteroatoms. The molecule has 0 saturated carbocycles. The minimum Gasteiger partial charge on any atom is -0.352 e. The predicted molar refractivity (Wildman–Crippen MR) is 71.4 cm³/mol. The van der Waals surface area contributed by atoms with E-state index < -0.39 is 0 Å². The Hall–Kier alpha value is -1.35. The third kappa shape index (κ3) is 2.41. The second-order valence-corrected chi connectivity index (χ2v) is 5.43. The molecule has 0 radical (unpaired) electrons. The fourth-order valence-corrected chi connectivity index (χ4v) is 3.06. The minimum atomic E-state index is 0.169. The maximum absolute atomic E-state index is 12.2. The molecule has 1 aromatic rings. The van der Waals surface area contributed by atoms with Gasteiger partial charge in [0.2, 0.25) is 5.91 Å². The number of carbonyl (C=O) groups is 1. The first-order valence-corrected chi connectivity index (χ1v) is 6.91. The maximum Gasteiger partial charge on any atom is 0.224 e. The van der Waals surface area contributed by atoms with E-state index in [1.54, 1.807) is 0 Å². The number of hydrogen-bond acceptors (Lipinski definition) is 2. The van der Waals surface area contributed by atoms with Gasteiger partial charge in [0.25, 0.3) is 0 Å². The molecular formula is C15H20N2O. The molecule has 0 bridgehead atoms. The first-order valence-electron chi connectivity index (χ1n) is 6.91. The van der Waals surface area contributed by atoms with Crippen LogP contribution in [-0.4, -0.2) is 25.0 Å². The van der Waals surface area contributed by atoms with Crippen molar-refractivity contribution in [3.63, 3.8) is 0 Å².